The molecule has 1 aromatic heterocycles. The summed E-state index contributed by atoms with van der Waals surface area (Å²) in [5, 5.41) is 6.83. The van der Waals surface area contributed by atoms with Gasteiger partial charge < -0.3 is 19.7 Å². The van der Waals surface area contributed by atoms with E-state index in [1.807, 2.05) is 7.05 Å². The Morgan fingerprint density at radius 3 is 2.73 bits per heavy atom. The first kappa shape index (κ1) is 22.7. The molecule has 7 heteroatoms. The van der Waals surface area contributed by atoms with E-state index in [1.54, 1.807) is 18.4 Å². The van der Waals surface area contributed by atoms with Crippen LogP contribution < -0.4 is 5.32 Å². The number of benzene rings is 1. The lowest BCUT2D eigenvalue weighted by Crippen LogP contribution is -2.46. The summed E-state index contributed by atoms with van der Waals surface area (Å²) in [7, 11) is 3.58. The first-order chi connectivity index (χ1) is 14.8. The average molecular weight is 431 g/mol. The van der Waals surface area contributed by atoms with Crippen molar-refractivity contribution in [2.24, 2.45) is 4.99 Å². The fourth-order valence-corrected chi connectivity index (χ4v) is 4.43. The van der Waals surface area contributed by atoms with Crippen LogP contribution in [0.15, 0.2) is 40.7 Å². The predicted molar refractivity (Wildman–Crippen MR) is 123 cm³/mol. The summed E-state index contributed by atoms with van der Waals surface area (Å²) in [6.07, 6.45) is 5.40. The van der Waals surface area contributed by atoms with Crippen molar-refractivity contribution in [2.75, 3.05) is 40.5 Å². The maximum Gasteiger partial charge on any atom is 0.193 e. The SMILES string of the molecule is CN=C(NCc1csc(CCc2ccccc2)n1)N1CCC(OCCCOC)CC1. The van der Waals surface area contributed by atoms with Gasteiger partial charge in [0.15, 0.2) is 5.96 Å². The number of rotatable bonds is 10. The molecule has 2 heterocycles. The van der Waals surface area contributed by atoms with Crippen molar-refractivity contribution in [1.82, 2.24) is 15.2 Å². The largest absolute Gasteiger partial charge is 0.385 e. The fraction of sp³-hybridized carbons (Fsp3) is 0.565. The summed E-state index contributed by atoms with van der Waals surface area (Å²) in [6.45, 7) is 4.19. The molecule has 3 rings (SSSR count). The third kappa shape index (κ3) is 7.38. The van der Waals surface area contributed by atoms with Gasteiger partial charge in [0.25, 0.3) is 0 Å². The molecule has 0 atom stereocenters. The summed E-state index contributed by atoms with van der Waals surface area (Å²) >= 11 is 1.74. The highest BCUT2D eigenvalue weighted by Crippen LogP contribution is 2.16. The molecule has 1 N–H and O–H groups in total. The number of aryl methyl sites for hydroxylation is 2. The second-order valence-electron chi connectivity index (χ2n) is 7.52. The van der Waals surface area contributed by atoms with Crippen molar-refractivity contribution in [3.8, 4) is 0 Å². The first-order valence-corrected chi connectivity index (χ1v) is 11.7. The average Bonchev–Trinajstić information content (AvgIpc) is 3.25. The van der Waals surface area contributed by atoms with Crippen molar-refractivity contribution in [1.29, 1.82) is 0 Å². The highest BCUT2D eigenvalue weighted by molar-refractivity contribution is 7.09. The van der Waals surface area contributed by atoms with Crippen LogP contribution in [0.2, 0.25) is 0 Å². The smallest absolute Gasteiger partial charge is 0.193 e. The fourth-order valence-electron chi connectivity index (χ4n) is 3.63. The standard InChI is InChI=1S/C23H34N4O2S/c1-24-23(27-13-11-21(12-14-27)29-16-6-15-28-2)25-17-20-18-30-22(26-20)10-9-19-7-4-3-5-8-19/h3-5,7-8,18,21H,6,9-17H2,1-2H3,(H,24,25). The first-order valence-electron chi connectivity index (χ1n) is 10.8. The summed E-state index contributed by atoms with van der Waals surface area (Å²) in [5.41, 5.74) is 2.44. The zero-order chi connectivity index (χ0) is 21.0. The molecule has 0 aliphatic carbocycles. The molecule has 6 nitrogen and oxygen atoms in total. The predicted octanol–water partition coefficient (Wildman–Crippen LogP) is 3.52. The Bertz CT molecular complexity index is 758. The van der Waals surface area contributed by atoms with Crippen molar-refractivity contribution >= 4 is 17.3 Å². The van der Waals surface area contributed by atoms with Crippen molar-refractivity contribution in [2.45, 2.75) is 44.8 Å². The summed E-state index contributed by atoms with van der Waals surface area (Å²) in [5.74, 6) is 0.951. The Morgan fingerprint density at radius 1 is 1.20 bits per heavy atom. The van der Waals surface area contributed by atoms with E-state index in [1.165, 1.54) is 10.6 Å². The molecule has 0 unspecified atom stereocenters. The number of ether oxygens (including phenoxy) is 2. The van der Waals surface area contributed by atoms with Gasteiger partial charge in [0.2, 0.25) is 0 Å². The van der Waals surface area contributed by atoms with Crippen molar-refractivity contribution < 1.29 is 9.47 Å². The second-order valence-corrected chi connectivity index (χ2v) is 8.47. The molecule has 0 bridgehead atoms. The Labute approximate surface area is 184 Å². The zero-order valence-corrected chi connectivity index (χ0v) is 19.0. The number of hydrogen-bond acceptors (Lipinski definition) is 5. The van der Waals surface area contributed by atoms with Gasteiger partial charge in [0.1, 0.15) is 0 Å². The van der Waals surface area contributed by atoms with Crippen LogP contribution in [0.3, 0.4) is 0 Å². The topological polar surface area (TPSA) is 59.0 Å². The monoisotopic (exact) mass is 430 g/mol. The summed E-state index contributed by atoms with van der Waals surface area (Å²) < 4.78 is 11.0. The van der Waals surface area contributed by atoms with E-state index in [0.717, 1.165) is 70.1 Å². The number of aromatic nitrogens is 1. The number of thiazole rings is 1. The Hall–Kier alpha value is -1.96. The van der Waals surface area contributed by atoms with E-state index in [9.17, 15) is 0 Å². The van der Waals surface area contributed by atoms with E-state index in [2.05, 4.69) is 50.9 Å². The van der Waals surface area contributed by atoms with E-state index >= 15 is 0 Å². The third-order valence-corrected chi connectivity index (χ3v) is 6.25. The number of methoxy groups -OCH3 is 1. The van der Waals surface area contributed by atoms with Crippen LogP contribution in [-0.2, 0) is 28.9 Å². The lowest BCUT2D eigenvalue weighted by molar-refractivity contribution is 0.00989. The number of hydrogen-bond donors (Lipinski definition) is 1. The van der Waals surface area contributed by atoms with Gasteiger partial charge in [-0.25, -0.2) is 4.98 Å². The van der Waals surface area contributed by atoms with Crippen LogP contribution in [0, 0.1) is 0 Å². The molecule has 0 spiro atoms. The van der Waals surface area contributed by atoms with Crippen LogP contribution in [0.4, 0.5) is 0 Å². The van der Waals surface area contributed by atoms with Gasteiger partial charge in [0.05, 0.1) is 23.4 Å². The van der Waals surface area contributed by atoms with Crippen molar-refractivity contribution in [3.05, 3.63) is 52.0 Å². The highest BCUT2D eigenvalue weighted by atomic mass is 32.1. The second kappa shape index (κ2) is 12.7. The summed E-state index contributed by atoms with van der Waals surface area (Å²) in [4.78, 5) is 11.6. The number of nitrogens with zero attached hydrogens (tertiary/aromatic N) is 3. The number of nitrogens with one attached hydrogen (secondary N) is 1. The third-order valence-electron chi connectivity index (χ3n) is 5.30. The maximum absolute atomic E-state index is 5.96. The maximum atomic E-state index is 5.96. The lowest BCUT2D eigenvalue weighted by Gasteiger charge is -2.34. The minimum Gasteiger partial charge on any atom is -0.385 e. The van der Waals surface area contributed by atoms with E-state index in [-0.39, 0.29) is 0 Å². The van der Waals surface area contributed by atoms with E-state index in [4.69, 9.17) is 14.5 Å². The lowest BCUT2D eigenvalue weighted by atomic mass is 10.1. The normalized spacial score (nSPS) is 15.5. The van der Waals surface area contributed by atoms with Crippen LogP contribution in [0.5, 0.6) is 0 Å². The van der Waals surface area contributed by atoms with Crippen molar-refractivity contribution in [3.63, 3.8) is 0 Å². The molecule has 1 fully saturated rings. The Morgan fingerprint density at radius 2 is 2.00 bits per heavy atom. The molecule has 1 saturated heterocycles. The van der Waals surface area contributed by atoms with Crippen LogP contribution in [0.25, 0.3) is 0 Å². The molecule has 30 heavy (non-hydrogen) atoms. The van der Waals surface area contributed by atoms with Crippen LogP contribution in [0.1, 0.15) is 35.5 Å². The van der Waals surface area contributed by atoms with Gasteiger partial charge in [-0.2, -0.15) is 0 Å². The van der Waals surface area contributed by atoms with Gasteiger partial charge in [-0.05, 0) is 31.2 Å². The molecule has 0 amide bonds. The number of likely N-dealkylation sites (tertiary alicyclic amines) is 1. The number of aliphatic imine (C=N–C) groups is 1. The molecular formula is C23H34N4O2S. The molecule has 1 aliphatic heterocycles. The van der Waals surface area contributed by atoms with Gasteiger partial charge >= 0.3 is 0 Å². The Balaban J connectivity index is 1.38. The van der Waals surface area contributed by atoms with Gasteiger partial charge in [-0.15, -0.1) is 11.3 Å². The number of guanidine groups is 1. The van der Waals surface area contributed by atoms with E-state index < -0.39 is 0 Å². The van der Waals surface area contributed by atoms with Gasteiger partial charge in [0, 0.05) is 52.3 Å². The van der Waals surface area contributed by atoms with Crippen LogP contribution in [-0.4, -0.2) is 62.4 Å². The molecular weight excluding hydrogens is 396 g/mol. The van der Waals surface area contributed by atoms with Crippen LogP contribution >= 0.6 is 11.3 Å². The van der Waals surface area contributed by atoms with E-state index in [0.29, 0.717) is 12.6 Å². The highest BCUT2D eigenvalue weighted by Gasteiger charge is 2.21. The molecule has 164 valence electrons. The minimum atomic E-state index is 0.349. The number of piperidine rings is 1. The molecule has 0 radical (unpaired) electrons. The summed E-state index contributed by atoms with van der Waals surface area (Å²) in [6, 6.07) is 10.6. The van der Waals surface area contributed by atoms with Gasteiger partial charge in [-0.3, -0.25) is 4.99 Å². The molecule has 1 aliphatic rings. The molecule has 2 aromatic rings. The minimum absolute atomic E-state index is 0.349. The quantitative estimate of drug-likeness (QED) is 0.355. The Kier molecular flexibility index (Phi) is 9.60. The zero-order valence-electron chi connectivity index (χ0n) is 18.2. The molecule has 1 aromatic carbocycles. The molecule has 0 saturated carbocycles. The van der Waals surface area contributed by atoms with Gasteiger partial charge in [-0.1, -0.05) is 30.3 Å².